The van der Waals surface area contributed by atoms with E-state index in [-0.39, 0.29) is 33.5 Å². The lowest BCUT2D eigenvalue weighted by atomic mass is 9.80. The zero-order valence-corrected chi connectivity index (χ0v) is 22.5. The Bertz CT molecular complexity index is 2130. The number of aliphatic imine (C=N–C) groups is 1. The number of aromatic carboxylic acids is 2. The maximum absolute atomic E-state index is 15.0. The lowest BCUT2D eigenvalue weighted by molar-refractivity contribution is 0.0686. The SMILES string of the molecule is N#Cc1ccc(/N=C2/C(=O)c3ccc(-c4cc(C(=O)O)ccc4F)cc3-c3cc(-c4cc(C(=O)O)ccc4F)ccc32)cc1. The molecule has 0 radical (unpaired) electrons. The number of halogens is 2. The van der Waals surface area contributed by atoms with E-state index in [4.69, 9.17) is 5.26 Å². The molecule has 2 N–H and O–H groups in total. The molecule has 0 aromatic heterocycles. The first kappa shape index (κ1) is 27.9. The van der Waals surface area contributed by atoms with Crippen molar-refractivity contribution in [2.24, 2.45) is 4.99 Å². The Morgan fingerprint density at radius 2 is 1.11 bits per heavy atom. The van der Waals surface area contributed by atoms with Crippen LogP contribution in [0.3, 0.4) is 0 Å². The number of ketones is 1. The van der Waals surface area contributed by atoms with Crippen molar-refractivity contribution >= 4 is 29.1 Å². The largest absolute Gasteiger partial charge is 0.478 e. The van der Waals surface area contributed by atoms with Crippen molar-refractivity contribution in [3.63, 3.8) is 0 Å². The molecule has 0 amide bonds. The van der Waals surface area contributed by atoms with Gasteiger partial charge in [-0.2, -0.15) is 5.26 Å². The van der Waals surface area contributed by atoms with Crippen molar-refractivity contribution in [2.45, 2.75) is 0 Å². The predicted octanol–water partition coefficient (Wildman–Crippen LogP) is 7.55. The molecule has 7 nitrogen and oxygen atoms in total. The van der Waals surface area contributed by atoms with Gasteiger partial charge in [-0.25, -0.2) is 23.4 Å². The van der Waals surface area contributed by atoms with Crippen LogP contribution < -0.4 is 0 Å². The summed E-state index contributed by atoms with van der Waals surface area (Å²) in [4.78, 5) is 41.6. The standard InChI is InChI=1S/C35H18F2N2O5/c36-30-11-5-21(34(41)42)15-26(30)19-3-9-24-28(13-19)29-14-20(27-16-22(35(43)44)6-12-31(27)37)4-10-25(29)33(40)32(24)39-23-7-1-18(17-38)2-8-23/h1-16H,(H,41,42)(H,43,44)/b39-32+. The number of benzene rings is 5. The van der Waals surface area contributed by atoms with Crippen LogP contribution in [0.25, 0.3) is 33.4 Å². The summed E-state index contributed by atoms with van der Waals surface area (Å²) in [5.41, 5.74) is 2.76. The minimum absolute atomic E-state index is 0.00936. The monoisotopic (exact) mass is 584 g/mol. The van der Waals surface area contributed by atoms with Gasteiger partial charge >= 0.3 is 11.9 Å². The molecular formula is C35H18F2N2O5. The fourth-order valence-electron chi connectivity index (χ4n) is 5.13. The van der Waals surface area contributed by atoms with Crippen LogP contribution in [0, 0.1) is 23.0 Å². The van der Waals surface area contributed by atoms with E-state index in [0.29, 0.717) is 39.1 Å². The summed E-state index contributed by atoms with van der Waals surface area (Å²) in [6, 6.07) is 24.5. The third kappa shape index (κ3) is 4.91. The highest BCUT2D eigenvalue weighted by Crippen LogP contribution is 2.40. The summed E-state index contributed by atoms with van der Waals surface area (Å²) in [5.74, 6) is -4.22. The normalized spacial score (nSPS) is 12.8. The summed E-state index contributed by atoms with van der Waals surface area (Å²) in [6.07, 6.45) is 0. The second-order valence-electron chi connectivity index (χ2n) is 9.97. The summed E-state index contributed by atoms with van der Waals surface area (Å²) in [7, 11) is 0. The molecule has 0 saturated carbocycles. The molecule has 0 heterocycles. The molecule has 0 aliphatic heterocycles. The number of hydrogen-bond acceptors (Lipinski definition) is 5. The van der Waals surface area contributed by atoms with Crippen LogP contribution in [-0.2, 0) is 0 Å². The van der Waals surface area contributed by atoms with Gasteiger partial charge < -0.3 is 10.2 Å². The molecule has 44 heavy (non-hydrogen) atoms. The fourth-order valence-corrected chi connectivity index (χ4v) is 5.13. The van der Waals surface area contributed by atoms with Crippen LogP contribution in [0.5, 0.6) is 0 Å². The third-order valence-corrected chi connectivity index (χ3v) is 7.33. The number of fused-ring (bicyclic) bond motifs is 3. The predicted molar refractivity (Wildman–Crippen MR) is 158 cm³/mol. The average molecular weight is 585 g/mol. The van der Waals surface area contributed by atoms with Crippen molar-refractivity contribution in [1.29, 1.82) is 5.26 Å². The van der Waals surface area contributed by atoms with Crippen molar-refractivity contribution in [3.8, 4) is 39.4 Å². The number of carbonyl (C=O) groups is 3. The molecule has 9 heteroatoms. The van der Waals surface area contributed by atoms with E-state index in [0.717, 1.165) is 24.3 Å². The van der Waals surface area contributed by atoms with E-state index in [1.807, 2.05) is 6.07 Å². The number of nitriles is 1. The van der Waals surface area contributed by atoms with Crippen LogP contribution in [0.2, 0.25) is 0 Å². The van der Waals surface area contributed by atoms with Gasteiger partial charge in [-0.05, 0) is 101 Å². The molecular weight excluding hydrogens is 566 g/mol. The number of hydrogen-bond donors (Lipinski definition) is 2. The molecule has 0 saturated heterocycles. The Hall–Kier alpha value is -6.27. The number of carboxylic acids is 2. The number of carbonyl (C=O) groups excluding carboxylic acids is 1. The lowest BCUT2D eigenvalue weighted by Crippen LogP contribution is -2.22. The molecule has 0 unspecified atom stereocenters. The number of nitrogens with zero attached hydrogens (tertiary/aromatic N) is 2. The van der Waals surface area contributed by atoms with Crippen LogP contribution in [0.4, 0.5) is 14.5 Å². The average Bonchev–Trinajstić information content (AvgIpc) is 3.03. The Labute approximate surface area is 248 Å². The van der Waals surface area contributed by atoms with E-state index in [1.165, 1.54) is 24.3 Å². The lowest BCUT2D eigenvalue weighted by Gasteiger charge is -2.23. The first-order valence-electron chi connectivity index (χ1n) is 13.1. The zero-order chi connectivity index (χ0) is 31.1. The van der Waals surface area contributed by atoms with E-state index in [2.05, 4.69) is 4.99 Å². The Balaban J connectivity index is 1.59. The zero-order valence-electron chi connectivity index (χ0n) is 22.5. The smallest absolute Gasteiger partial charge is 0.335 e. The summed E-state index contributed by atoms with van der Waals surface area (Å²) in [5, 5.41) is 28.0. The fraction of sp³-hybridized carbons (Fsp3) is 0. The van der Waals surface area contributed by atoms with Crippen LogP contribution in [0.15, 0.2) is 102 Å². The molecule has 6 rings (SSSR count). The molecule has 0 fully saturated rings. The van der Waals surface area contributed by atoms with Gasteiger partial charge in [0, 0.05) is 22.3 Å². The Morgan fingerprint density at radius 1 is 0.614 bits per heavy atom. The van der Waals surface area contributed by atoms with E-state index >= 15 is 0 Å². The van der Waals surface area contributed by atoms with Gasteiger partial charge in [-0.1, -0.05) is 18.2 Å². The van der Waals surface area contributed by atoms with Crippen LogP contribution >= 0.6 is 0 Å². The quantitative estimate of drug-likeness (QED) is 0.220. The summed E-state index contributed by atoms with van der Waals surface area (Å²) in [6.45, 7) is 0. The van der Waals surface area contributed by atoms with Gasteiger partial charge in [-0.3, -0.25) is 4.79 Å². The Kier molecular flexibility index (Phi) is 6.88. The highest BCUT2D eigenvalue weighted by Gasteiger charge is 2.30. The summed E-state index contributed by atoms with van der Waals surface area (Å²) >= 11 is 0. The molecule has 5 aromatic carbocycles. The van der Waals surface area contributed by atoms with Gasteiger partial charge in [0.05, 0.1) is 28.4 Å². The minimum atomic E-state index is -1.23. The van der Waals surface area contributed by atoms with Gasteiger partial charge in [0.25, 0.3) is 0 Å². The van der Waals surface area contributed by atoms with Gasteiger partial charge in [0.1, 0.15) is 17.3 Å². The number of rotatable bonds is 5. The van der Waals surface area contributed by atoms with E-state index in [1.54, 1.807) is 48.5 Å². The molecule has 0 atom stereocenters. The van der Waals surface area contributed by atoms with E-state index in [9.17, 15) is 33.4 Å². The molecule has 1 aliphatic carbocycles. The minimum Gasteiger partial charge on any atom is -0.478 e. The molecule has 5 aromatic rings. The number of Topliss-reactive ketones (excluding diaryl/α,β-unsaturated/α-hetero) is 1. The molecule has 1 aliphatic rings. The first-order chi connectivity index (χ1) is 21.1. The third-order valence-electron chi connectivity index (χ3n) is 7.33. The second-order valence-corrected chi connectivity index (χ2v) is 9.97. The van der Waals surface area contributed by atoms with Crippen molar-refractivity contribution < 1.29 is 33.4 Å². The first-order valence-corrected chi connectivity index (χ1v) is 13.1. The van der Waals surface area contributed by atoms with Gasteiger partial charge in [0.15, 0.2) is 0 Å². The van der Waals surface area contributed by atoms with Crippen LogP contribution in [0.1, 0.15) is 42.2 Å². The molecule has 0 spiro atoms. The van der Waals surface area contributed by atoms with Crippen molar-refractivity contribution in [2.75, 3.05) is 0 Å². The molecule has 212 valence electrons. The number of carboxylic acid groups (broad SMARTS) is 2. The maximum atomic E-state index is 15.0. The highest BCUT2D eigenvalue weighted by atomic mass is 19.1. The van der Waals surface area contributed by atoms with Crippen LogP contribution in [-0.4, -0.2) is 33.6 Å². The topological polar surface area (TPSA) is 128 Å². The van der Waals surface area contributed by atoms with E-state index < -0.39 is 29.4 Å². The summed E-state index contributed by atoms with van der Waals surface area (Å²) < 4.78 is 29.9. The Morgan fingerprint density at radius 3 is 1.61 bits per heavy atom. The highest BCUT2D eigenvalue weighted by molar-refractivity contribution is 6.55. The second kappa shape index (κ2) is 10.9. The van der Waals surface area contributed by atoms with Gasteiger partial charge in [-0.15, -0.1) is 0 Å². The van der Waals surface area contributed by atoms with Crippen molar-refractivity contribution in [1.82, 2.24) is 0 Å². The van der Waals surface area contributed by atoms with Crippen molar-refractivity contribution in [3.05, 3.63) is 137 Å². The van der Waals surface area contributed by atoms with Gasteiger partial charge in [0.2, 0.25) is 5.78 Å². The molecule has 0 bridgehead atoms. The maximum Gasteiger partial charge on any atom is 0.335 e.